The molecule has 2 aliphatic rings. The zero-order valence-corrected chi connectivity index (χ0v) is 6.51. The van der Waals surface area contributed by atoms with Crippen LogP contribution < -0.4 is 5.32 Å². The predicted molar refractivity (Wildman–Crippen MR) is 40.3 cm³/mol. The molecule has 1 N–H and O–H groups in total. The first-order valence-electron chi connectivity index (χ1n) is 4.24. The molecule has 2 heterocycles. The van der Waals surface area contributed by atoms with Crippen molar-refractivity contribution >= 4 is 5.78 Å². The fraction of sp³-hybridized carbons (Fsp3) is 0.875. The van der Waals surface area contributed by atoms with Gasteiger partial charge in [0, 0.05) is 5.92 Å². The van der Waals surface area contributed by atoms with Gasteiger partial charge >= 0.3 is 0 Å². The second-order valence-corrected chi connectivity index (χ2v) is 3.25. The van der Waals surface area contributed by atoms with Crippen LogP contribution in [0.15, 0.2) is 0 Å². The maximum atomic E-state index is 11.4. The number of hydrogen-bond acceptors (Lipinski definition) is 3. The molecule has 3 nitrogen and oxygen atoms in total. The number of carbonyl (C=O) groups excluding carboxylic acids is 1. The van der Waals surface area contributed by atoms with E-state index in [0.717, 1.165) is 25.9 Å². The van der Waals surface area contributed by atoms with Gasteiger partial charge in [0.05, 0.1) is 6.61 Å². The lowest BCUT2D eigenvalue weighted by Crippen LogP contribution is -2.33. The average molecular weight is 155 g/mol. The summed E-state index contributed by atoms with van der Waals surface area (Å²) in [7, 11) is 0. The molecular weight excluding hydrogens is 142 g/mol. The van der Waals surface area contributed by atoms with E-state index in [1.807, 2.05) is 0 Å². The molecule has 0 amide bonds. The lowest BCUT2D eigenvalue weighted by Gasteiger charge is -2.20. The topological polar surface area (TPSA) is 41.6 Å². The number of Topliss-reactive ketones (excluding diaryl/α,β-unsaturated/α-hetero) is 1. The molecule has 0 radical (unpaired) electrons. The van der Waals surface area contributed by atoms with Crippen molar-refractivity contribution in [3.63, 3.8) is 0 Å². The highest BCUT2D eigenvalue weighted by molar-refractivity contribution is 5.87. The number of ether oxygens (including phenoxy) is 1. The van der Waals surface area contributed by atoms with E-state index < -0.39 is 0 Å². The Kier molecular flexibility index (Phi) is 1.92. The first kappa shape index (κ1) is 7.25. The van der Waals surface area contributed by atoms with Gasteiger partial charge in [-0.15, -0.1) is 0 Å². The Morgan fingerprint density at radius 2 is 2.00 bits per heavy atom. The number of ketones is 1. The lowest BCUT2D eigenvalue weighted by molar-refractivity contribution is -0.124. The quantitative estimate of drug-likeness (QED) is 0.569. The Hall–Kier alpha value is -0.410. The minimum absolute atomic E-state index is 0.0295. The number of hydrogen-bond donors (Lipinski definition) is 1. The van der Waals surface area contributed by atoms with Crippen molar-refractivity contribution in [2.24, 2.45) is 5.92 Å². The van der Waals surface area contributed by atoms with Gasteiger partial charge in [-0.3, -0.25) is 4.79 Å². The highest BCUT2D eigenvalue weighted by Crippen LogP contribution is 2.21. The summed E-state index contributed by atoms with van der Waals surface area (Å²) in [5, 5.41) is 3.24. The molecule has 0 spiro atoms. The second-order valence-electron chi connectivity index (χ2n) is 3.25. The standard InChI is InChI=1S/C8H13NO2/c10-8(7-5-11-7)6-1-3-9-4-2-6/h6-7,9H,1-5H2. The van der Waals surface area contributed by atoms with Crippen LogP contribution in [0.2, 0.25) is 0 Å². The smallest absolute Gasteiger partial charge is 0.167 e. The van der Waals surface area contributed by atoms with Crippen molar-refractivity contribution in [2.45, 2.75) is 18.9 Å². The molecule has 2 aliphatic heterocycles. The van der Waals surface area contributed by atoms with Gasteiger partial charge in [-0.1, -0.05) is 0 Å². The van der Waals surface area contributed by atoms with Crippen LogP contribution in [0.3, 0.4) is 0 Å². The van der Waals surface area contributed by atoms with Gasteiger partial charge in [0.2, 0.25) is 0 Å². The van der Waals surface area contributed by atoms with Crippen LogP contribution in [0.1, 0.15) is 12.8 Å². The largest absolute Gasteiger partial charge is 0.365 e. The molecule has 11 heavy (non-hydrogen) atoms. The van der Waals surface area contributed by atoms with Crippen LogP contribution in [0, 0.1) is 5.92 Å². The highest BCUT2D eigenvalue weighted by Gasteiger charge is 2.36. The number of carbonyl (C=O) groups is 1. The summed E-state index contributed by atoms with van der Waals surface area (Å²) in [5.74, 6) is 0.621. The number of piperidine rings is 1. The highest BCUT2D eigenvalue weighted by atomic mass is 16.6. The van der Waals surface area contributed by atoms with Crippen LogP contribution in [0.5, 0.6) is 0 Å². The zero-order valence-electron chi connectivity index (χ0n) is 6.51. The summed E-state index contributed by atoms with van der Waals surface area (Å²) in [5.41, 5.74) is 0. The van der Waals surface area contributed by atoms with Crippen molar-refractivity contribution in [2.75, 3.05) is 19.7 Å². The monoisotopic (exact) mass is 155 g/mol. The molecule has 1 atom stereocenters. The third kappa shape index (κ3) is 1.60. The number of epoxide rings is 1. The summed E-state index contributed by atoms with van der Waals surface area (Å²) >= 11 is 0. The number of nitrogens with one attached hydrogen (secondary N) is 1. The first-order valence-corrected chi connectivity index (χ1v) is 4.24. The van der Waals surface area contributed by atoms with E-state index in [-0.39, 0.29) is 12.0 Å². The van der Waals surface area contributed by atoms with Gasteiger partial charge in [-0.25, -0.2) is 0 Å². The van der Waals surface area contributed by atoms with E-state index in [0.29, 0.717) is 12.4 Å². The van der Waals surface area contributed by atoms with E-state index in [1.165, 1.54) is 0 Å². The van der Waals surface area contributed by atoms with Crippen LogP contribution in [-0.4, -0.2) is 31.6 Å². The van der Waals surface area contributed by atoms with Gasteiger partial charge < -0.3 is 10.1 Å². The average Bonchev–Trinajstić information content (AvgIpc) is 2.87. The van der Waals surface area contributed by atoms with E-state index in [9.17, 15) is 4.79 Å². The minimum atomic E-state index is -0.0295. The Morgan fingerprint density at radius 3 is 2.55 bits per heavy atom. The zero-order chi connectivity index (χ0) is 7.68. The van der Waals surface area contributed by atoms with Crippen molar-refractivity contribution in [1.29, 1.82) is 0 Å². The van der Waals surface area contributed by atoms with Crippen LogP contribution in [-0.2, 0) is 9.53 Å². The third-order valence-corrected chi connectivity index (χ3v) is 2.39. The second kappa shape index (κ2) is 2.91. The summed E-state index contributed by atoms with van der Waals surface area (Å²) in [4.78, 5) is 11.4. The normalized spacial score (nSPS) is 31.8. The molecule has 0 aromatic carbocycles. The molecule has 1 unspecified atom stereocenters. The Balaban J connectivity index is 1.86. The lowest BCUT2D eigenvalue weighted by atomic mass is 9.92. The van der Waals surface area contributed by atoms with Crippen LogP contribution in [0.4, 0.5) is 0 Å². The first-order chi connectivity index (χ1) is 5.38. The van der Waals surface area contributed by atoms with Crippen LogP contribution in [0.25, 0.3) is 0 Å². The van der Waals surface area contributed by atoms with Gasteiger partial charge in [0.1, 0.15) is 6.10 Å². The van der Waals surface area contributed by atoms with E-state index in [4.69, 9.17) is 4.74 Å². The molecule has 0 bridgehead atoms. The van der Waals surface area contributed by atoms with E-state index in [1.54, 1.807) is 0 Å². The van der Waals surface area contributed by atoms with Crippen molar-refractivity contribution < 1.29 is 9.53 Å². The maximum Gasteiger partial charge on any atom is 0.167 e. The summed E-state index contributed by atoms with van der Waals surface area (Å²) in [6, 6.07) is 0. The molecule has 0 aromatic heterocycles. The molecule has 2 saturated heterocycles. The fourth-order valence-corrected chi connectivity index (χ4v) is 1.58. The number of rotatable bonds is 2. The van der Waals surface area contributed by atoms with Crippen molar-refractivity contribution in [3.05, 3.63) is 0 Å². The van der Waals surface area contributed by atoms with Gasteiger partial charge in [-0.2, -0.15) is 0 Å². The molecular formula is C8H13NO2. The summed E-state index contributed by atoms with van der Waals surface area (Å²) in [6.07, 6.45) is 1.97. The Morgan fingerprint density at radius 1 is 1.36 bits per heavy atom. The van der Waals surface area contributed by atoms with Crippen molar-refractivity contribution in [1.82, 2.24) is 5.32 Å². The molecule has 3 heteroatoms. The summed E-state index contributed by atoms with van der Waals surface area (Å²) in [6.45, 7) is 2.65. The van der Waals surface area contributed by atoms with Gasteiger partial charge in [0.25, 0.3) is 0 Å². The van der Waals surface area contributed by atoms with Gasteiger partial charge in [0.15, 0.2) is 5.78 Å². The molecule has 2 rings (SSSR count). The summed E-state index contributed by atoms with van der Waals surface area (Å²) < 4.78 is 4.95. The molecule has 0 aliphatic carbocycles. The SMILES string of the molecule is O=C(C1CCNCC1)C1CO1. The Bertz CT molecular complexity index is 159. The van der Waals surface area contributed by atoms with Gasteiger partial charge in [-0.05, 0) is 25.9 Å². The predicted octanol–water partition coefficient (Wildman–Crippen LogP) is -0.0461. The van der Waals surface area contributed by atoms with Crippen molar-refractivity contribution in [3.8, 4) is 0 Å². The third-order valence-electron chi connectivity index (χ3n) is 2.39. The Labute approximate surface area is 66.1 Å². The molecule has 62 valence electrons. The van der Waals surface area contributed by atoms with Crippen LogP contribution >= 0.6 is 0 Å². The maximum absolute atomic E-state index is 11.4. The molecule has 2 fully saturated rings. The molecule has 0 saturated carbocycles. The van der Waals surface area contributed by atoms with E-state index in [2.05, 4.69) is 5.32 Å². The van der Waals surface area contributed by atoms with E-state index >= 15 is 0 Å². The minimum Gasteiger partial charge on any atom is -0.365 e. The fourth-order valence-electron chi connectivity index (χ4n) is 1.58. The molecule has 0 aromatic rings.